The average molecular weight is 199 g/mol. The van der Waals surface area contributed by atoms with Crippen molar-refractivity contribution >= 4 is 5.78 Å². The molecular weight excluding hydrogens is 188 g/mol. The molecule has 0 aromatic heterocycles. The molecule has 0 saturated heterocycles. The van der Waals surface area contributed by atoms with Crippen LogP contribution >= 0.6 is 0 Å². The van der Waals surface area contributed by atoms with Crippen molar-refractivity contribution < 1.29 is 13.6 Å². The van der Waals surface area contributed by atoms with E-state index in [-0.39, 0.29) is 17.9 Å². The first-order chi connectivity index (χ1) is 6.45. The van der Waals surface area contributed by atoms with Crippen LogP contribution in [0.4, 0.5) is 8.78 Å². The summed E-state index contributed by atoms with van der Waals surface area (Å²) in [4.78, 5) is 11.1. The minimum Gasteiger partial charge on any atom is -0.324 e. The molecule has 1 rings (SSSR count). The van der Waals surface area contributed by atoms with Crippen LogP contribution in [0.5, 0.6) is 0 Å². The number of carbonyl (C=O) groups is 1. The van der Waals surface area contributed by atoms with Gasteiger partial charge in [0.15, 0.2) is 5.78 Å². The van der Waals surface area contributed by atoms with Crippen LogP contribution in [0.15, 0.2) is 24.3 Å². The van der Waals surface area contributed by atoms with E-state index in [2.05, 4.69) is 0 Å². The Morgan fingerprint density at radius 2 is 1.86 bits per heavy atom. The first kappa shape index (κ1) is 10.8. The number of hydrogen-bond donors (Lipinski definition) is 1. The number of benzene rings is 1. The highest BCUT2D eigenvalue weighted by Gasteiger charge is 2.23. The van der Waals surface area contributed by atoms with Crippen LogP contribution in [-0.2, 0) is 5.92 Å². The molecule has 1 aromatic carbocycles. The highest BCUT2D eigenvalue weighted by Crippen LogP contribution is 2.26. The summed E-state index contributed by atoms with van der Waals surface area (Å²) < 4.78 is 25.5. The smallest absolute Gasteiger partial charge is 0.270 e. The van der Waals surface area contributed by atoms with Crippen LogP contribution in [0.1, 0.15) is 22.8 Å². The van der Waals surface area contributed by atoms with E-state index in [1.807, 2.05) is 0 Å². The summed E-state index contributed by atoms with van der Waals surface area (Å²) in [6.45, 7) is 0.703. The molecule has 0 unspecified atom stereocenters. The van der Waals surface area contributed by atoms with Gasteiger partial charge in [0.1, 0.15) is 0 Å². The zero-order chi connectivity index (χ0) is 10.8. The van der Waals surface area contributed by atoms with Crippen LogP contribution in [0.2, 0.25) is 0 Å². The van der Waals surface area contributed by atoms with E-state index in [0.29, 0.717) is 5.56 Å². The van der Waals surface area contributed by atoms with Crippen LogP contribution in [0.25, 0.3) is 0 Å². The number of nitrogens with two attached hydrogens (primary N) is 1. The molecule has 0 fully saturated rings. The fraction of sp³-hybridized carbons (Fsp3) is 0.300. The van der Waals surface area contributed by atoms with Gasteiger partial charge in [-0.15, -0.1) is 0 Å². The maximum absolute atomic E-state index is 12.8. The third-order valence-electron chi connectivity index (χ3n) is 1.90. The van der Waals surface area contributed by atoms with Crippen LogP contribution < -0.4 is 5.73 Å². The molecule has 0 aliphatic heterocycles. The van der Waals surface area contributed by atoms with E-state index in [0.717, 1.165) is 6.92 Å². The summed E-state index contributed by atoms with van der Waals surface area (Å²) in [5.41, 5.74) is 5.39. The van der Waals surface area contributed by atoms with Gasteiger partial charge >= 0.3 is 0 Å². The van der Waals surface area contributed by atoms with Crippen molar-refractivity contribution in [3.63, 3.8) is 0 Å². The molecule has 0 aliphatic carbocycles. The van der Waals surface area contributed by atoms with Crippen molar-refractivity contribution in [2.75, 3.05) is 6.54 Å². The number of alkyl halides is 2. The Hall–Kier alpha value is -1.29. The van der Waals surface area contributed by atoms with Crippen LogP contribution in [-0.4, -0.2) is 12.3 Å². The van der Waals surface area contributed by atoms with E-state index in [4.69, 9.17) is 5.73 Å². The summed E-state index contributed by atoms with van der Waals surface area (Å²) in [6.07, 6.45) is 0. The molecule has 0 bridgehead atoms. The average Bonchev–Trinajstić information content (AvgIpc) is 2.15. The van der Waals surface area contributed by atoms with Crippen molar-refractivity contribution in [1.82, 2.24) is 0 Å². The van der Waals surface area contributed by atoms with E-state index in [1.165, 1.54) is 24.3 Å². The molecule has 4 heteroatoms. The van der Waals surface area contributed by atoms with Gasteiger partial charge in [-0.25, -0.2) is 8.78 Å². The molecule has 0 atom stereocenters. The minimum absolute atomic E-state index is 0.105. The third kappa shape index (κ3) is 2.35. The lowest BCUT2D eigenvalue weighted by Crippen LogP contribution is -2.14. The predicted molar refractivity (Wildman–Crippen MR) is 49.4 cm³/mol. The molecule has 1 aromatic rings. The minimum atomic E-state index is -2.87. The molecule has 0 radical (unpaired) electrons. The summed E-state index contributed by atoms with van der Waals surface area (Å²) in [5, 5.41) is 0. The van der Waals surface area contributed by atoms with Gasteiger partial charge in [0.05, 0.1) is 6.54 Å². The first-order valence-corrected chi connectivity index (χ1v) is 4.17. The molecule has 0 amide bonds. The summed E-state index contributed by atoms with van der Waals surface area (Å²) >= 11 is 0. The van der Waals surface area contributed by atoms with Gasteiger partial charge in [0.2, 0.25) is 0 Å². The number of Topliss-reactive ketones (excluding diaryl/α,β-unsaturated/α-hetero) is 1. The Labute approximate surface area is 80.7 Å². The Morgan fingerprint density at radius 3 is 2.21 bits per heavy atom. The zero-order valence-electron chi connectivity index (χ0n) is 7.76. The standard InChI is InChI=1S/C10H11F2NO/c1-10(11,12)8-4-2-7(3-5-8)9(14)6-13/h2-5H,6,13H2,1H3. The van der Waals surface area contributed by atoms with E-state index in [9.17, 15) is 13.6 Å². The fourth-order valence-electron chi connectivity index (χ4n) is 1.07. The van der Waals surface area contributed by atoms with E-state index in [1.54, 1.807) is 0 Å². The van der Waals surface area contributed by atoms with Gasteiger partial charge in [0, 0.05) is 18.1 Å². The Kier molecular flexibility index (Phi) is 2.96. The number of hydrogen-bond acceptors (Lipinski definition) is 2. The van der Waals surface area contributed by atoms with Crippen molar-refractivity contribution in [1.29, 1.82) is 0 Å². The molecular formula is C10H11F2NO. The van der Waals surface area contributed by atoms with Crippen LogP contribution in [0.3, 0.4) is 0 Å². The lowest BCUT2D eigenvalue weighted by atomic mass is 10.1. The predicted octanol–water partition coefficient (Wildman–Crippen LogP) is 1.94. The zero-order valence-corrected chi connectivity index (χ0v) is 7.76. The molecule has 76 valence electrons. The first-order valence-electron chi connectivity index (χ1n) is 4.17. The number of carbonyl (C=O) groups excluding carboxylic acids is 1. The van der Waals surface area contributed by atoms with Gasteiger partial charge in [-0.05, 0) is 0 Å². The molecule has 0 spiro atoms. The van der Waals surface area contributed by atoms with Gasteiger partial charge in [-0.2, -0.15) is 0 Å². The van der Waals surface area contributed by atoms with Gasteiger partial charge in [0.25, 0.3) is 5.92 Å². The molecule has 0 saturated carbocycles. The lowest BCUT2D eigenvalue weighted by molar-refractivity contribution is 0.0174. The fourth-order valence-corrected chi connectivity index (χ4v) is 1.07. The summed E-state index contributed by atoms with van der Waals surface area (Å²) in [7, 11) is 0. The Bertz CT molecular complexity index is 327. The third-order valence-corrected chi connectivity index (χ3v) is 1.90. The maximum atomic E-state index is 12.8. The second kappa shape index (κ2) is 3.84. The Balaban J connectivity index is 2.95. The van der Waals surface area contributed by atoms with Gasteiger partial charge in [-0.3, -0.25) is 4.79 Å². The molecule has 0 heterocycles. The second-order valence-electron chi connectivity index (χ2n) is 3.09. The highest BCUT2D eigenvalue weighted by molar-refractivity contribution is 5.97. The number of halogens is 2. The van der Waals surface area contributed by atoms with Gasteiger partial charge in [-0.1, -0.05) is 24.3 Å². The monoisotopic (exact) mass is 199 g/mol. The van der Waals surface area contributed by atoms with E-state index >= 15 is 0 Å². The van der Waals surface area contributed by atoms with Crippen molar-refractivity contribution in [2.45, 2.75) is 12.8 Å². The lowest BCUT2D eigenvalue weighted by Gasteiger charge is -2.10. The summed E-state index contributed by atoms with van der Waals surface area (Å²) in [5.74, 6) is -3.12. The summed E-state index contributed by atoms with van der Waals surface area (Å²) in [6, 6.07) is 5.20. The number of rotatable bonds is 3. The molecule has 2 nitrogen and oxygen atoms in total. The SMILES string of the molecule is CC(F)(F)c1ccc(C(=O)CN)cc1. The maximum Gasteiger partial charge on any atom is 0.270 e. The van der Waals surface area contributed by atoms with E-state index < -0.39 is 5.92 Å². The second-order valence-corrected chi connectivity index (χ2v) is 3.09. The van der Waals surface area contributed by atoms with Crippen molar-refractivity contribution in [3.8, 4) is 0 Å². The van der Waals surface area contributed by atoms with Crippen molar-refractivity contribution in [2.24, 2.45) is 5.73 Å². The Morgan fingerprint density at radius 1 is 1.36 bits per heavy atom. The highest BCUT2D eigenvalue weighted by atomic mass is 19.3. The van der Waals surface area contributed by atoms with Crippen molar-refractivity contribution in [3.05, 3.63) is 35.4 Å². The largest absolute Gasteiger partial charge is 0.324 e. The molecule has 2 N–H and O–H groups in total. The topological polar surface area (TPSA) is 43.1 Å². The normalized spacial score (nSPS) is 11.4. The van der Waals surface area contributed by atoms with Gasteiger partial charge < -0.3 is 5.73 Å². The number of ketones is 1. The molecule has 0 aliphatic rings. The molecule has 14 heavy (non-hydrogen) atoms. The van der Waals surface area contributed by atoms with Crippen LogP contribution in [0, 0.1) is 0 Å². The quantitative estimate of drug-likeness (QED) is 0.756.